The lowest BCUT2D eigenvalue weighted by Crippen LogP contribution is -2.44. The topological polar surface area (TPSA) is 37.4 Å². The smallest absolute Gasteiger partial charge is 0.263 e. The number of anilines is 1. The summed E-state index contributed by atoms with van der Waals surface area (Å²) in [5.74, 6) is -0.354. The minimum absolute atomic E-state index is 0. The molecule has 0 fully saturated rings. The Kier molecular flexibility index (Phi) is 7.31. The van der Waals surface area contributed by atoms with Crippen molar-refractivity contribution in [3.05, 3.63) is 93.8 Å². The lowest BCUT2D eigenvalue weighted by atomic mass is 9.91. The summed E-state index contributed by atoms with van der Waals surface area (Å²) >= 11 is 5.87. The summed E-state index contributed by atoms with van der Waals surface area (Å²) in [6.45, 7) is 3.94. The van der Waals surface area contributed by atoms with Crippen LogP contribution in [0, 0.1) is 19.7 Å². The molecule has 0 N–H and O–H groups in total. The molecule has 3 nitrogen and oxygen atoms in total. The van der Waals surface area contributed by atoms with Gasteiger partial charge in [0.1, 0.15) is 5.82 Å². The summed E-state index contributed by atoms with van der Waals surface area (Å²) in [6, 6.07) is 17.1. The zero-order chi connectivity index (χ0) is 22.2. The van der Waals surface area contributed by atoms with E-state index in [1.54, 1.807) is 28.6 Å². The van der Waals surface area contributed by atoms with Gasteiger partial charge in [-0.25, -0.2) is 12.8 Å². The van der Waals surface area contributed by atoms with Crippen molar-refractivity contribution >= 4 is 27.3 Å². The van der Waals surface area contributed by atoms with E-state index in [4.69, 9.17) is 11.6 Å². The largest absolute Gasteiger partial charge is 0.264 e. The van der Waals surface area contributed by atoms with E-state index < -0.39 is 10.0 Å². The first-order chi connectivity index (χ1) is 14.8. The molecule has 0 spiro atoms. The number of benzene rings is 3. The van der Waals surface area contributed by atoms with Crippen LogP contribution in [0.1, 0.15) is 42.5 Å². The Morgan fingerprint density at radius 2 is 1.78 bits per heavy atom. The van der Waals surface area contributed by atoms with Crippen molar-refractivity contribution in [1.82, 2.24) is 0 Å². The maximum absolute atomic E-state index is 14.3. The summed E-state index contributed by atoms with van der Waals surface area (Å²) < 4.78 is 43.4. The Labute approximate surface area is 195 Å². The monoisotopic (exact) mass is 473 g/mol. The van der Waals surface area contributed by atoms with Crippen molar-refractivity contribution < 1.29 is 12.8 Å². The second kappa shape index (κ2) is 9.63. The number of hydrogen-bond acceptors (Lipinski definition) is 2. The van der Waals surface area contributed by atoms with Gasteiger partial charge in [0.05, 0.1) is 10.6 Å². The molecule has 3 aromatic rings. The number of nitrogens with zero attached hydrogens (tertiary/aromatic N) is 1. The van der Waals surface area contributed by atoms with Crippen molar-refractivity contribution in [2.45, 2.75) is 57.9 Å². The molecule has 1 atom stereocenters. The molecule has 0 radical (unpaired) electrons. The van der Waals surface area contributed by atoms with Gasteiger partial charge in [-0.2, -0.15) is 0 Å². The Balaban J connectivity index is 0.00000289. The van der Waals surface area contributed by atoms with Crippen LogP contribution in [-0.4, -0.2) is 14.5 Å². The van der Waals surface area contributed by atoms with E-state index in [0.717, 1.165) is 28.8 Å². The van der Waals surface area contributed by atoms with Crippen LogP contribution in [0.25, 0.3) is 0 Å². The van der Waals surface area contributed by atoms with Crippen LogP contribution in [0.2, 0.25) is 5.02 Å². The predicted molar refractivity (Wildman–Crippen MR) is 131 cm³/mol. The highest BCUT2D eigenvalue weighted by molar-refractivity contribution is 7.92. The van der Waals surface area contributed by atoms with Gasteiger partial charge in [-0.15, -0.1) is 0 Å². The number of sulfonamides is 1. The molecule has 32 heavy (non-hydrogen) atoms. The molecular formula is C26H29ClFNO2S. The maximum atomic E-state index is 14.3. The average molecular weight is 474 g/mol. The van der Waals surface area contributed by atoms with Crippen molar-refractivity contribution in [1.29, 1.82) is 0 Å². The Morgan fingerprint density at radius 1 is 1.06 bits per heavy atom. The van der Waals surface area contributed by atoms with Crippen LogP contribution in [0.3, 0.4) is 0 Å². The van der Waals surface area contributed by atoms with Gasteiger partial charge < -0.3 is 0 Å². The molecule has 170 valence electrons. The summed E-state index contributed by atoms with van der Waals surface area (Å²) in [4.78, 5) is 0.273. The molecule has 0 saturated carbocycles. The number of hydrogen-bond donors (Lipinski definition) is 0. The van der Waals surface area contributed by atoms with Crippen LogP contribution in [-0.2, 0) is 22.9 Å². The first-order valence-corrected chi connectivity index (χ1v) is 12.2. The summed E-state index contributed by atoms with van der Waals surface area (Å²) in [7, 11) is -3.76. The lowest BCUT2D eigenvalue weighted by Gasteiger charge is -2.38. The summed E-state index contributed by atoms with van der Waals surface area (Å²) in [5.41, 5.74) is 4.43. The van der Waals surface area contributed by atoms with Gasteiger partial charge in [-0.05, 0) is 86.6 Å². The molecule has 0 aromatic heterocycles. The molecule has 0 saturated heterocycles. The molecule has 3 aromatic carbocycles. The molecule has 6 heteroatoms. The van der Waals surface area contributed by atoms with Gasteiger partial charge >= 0.3 is 0 Å². The molecule has 1 unspecified atom stereocenters. The average Bonchev–Trinajstić information content (AvgIpc) is 2.73. The van der Waals surface area contributed by atoms with Crippen molar-refractivity contribution in [3.63, 3.8) is 0 Å². The minimum atomic E-state index is -3.76. The highest BCUT2D eigenvalue weighted by Gasteiger charge is 2.36. The predicted octanol–water partition coefficient (Wildman–Crippen LogP) is 6.87. The van der Waals surface area contributed by atoms with Crippen LogP contribution >= 0.6 is 11.6 Å². The van der Waals surface area contributed by atoms with Gasteiger partial charge in [0, 0.05) is 11.1 Å². The van der Waals surface area contributed by atoms with Crippen molar-refractivity contribution in [2.75, 3.05) is 4.31 Å². The molecule has 0 bridgehead atoms. The molecule has 4 rings (SSSR count). The Bertz CT molecular complexity index is 1210. The Morgan fingerprint density at radius 3 is 2.47 bits per heavy atom. The quantitative estimate of drug-likeness (QED) is 0.405. The van der Waals surface area contributed by atoms with E-state index in [1.165, 1.54) is 6.07 Å². The summed E-state index contributed by atoms with van der Waals surface area (Å²) in [6.07, 6.45) is 2.46. The van der Waals surface area contributed by atoms with Gasteiger partial charge in [0.15, 0.2) is 0 Å². The third kappa shape index (κ3) is 4.69. The second-order valence-corrected chi connectivity index (χ2v) is 10.4. The van der Waals surface area contributed by atoms with Crippen molar-refractivity contribution in [3.8, 4) is 0 Å². The van der Waals surface area contributed by atoms with E-state index in [9.17, 15) is 12.8 Å². The number of aryl methyl sites for hydroxylation is 3. The SMILES string of the molecule is C.Cc1ccc(S(=O)(=O)N2c3cccc(C)c3CCC2CCc2ccc(Cl)cc2F)cc1. The van der Waals surface area contributed by atoms with Gasteiger partial charge in [0.2, 0.25) is 0 Å². The van der Waals surface area contributed by atoms with Crippen molar-refractivity contribution in [2.24, 2.45) is 0 Å². The second-order valence-electron chi connectivity index (χ2n) is 8.15. The van der Waals surface area contributed by atoms with Gasteiger partial charge in [-0.1, -0.05) is 54.9 Å². The lowest BCUT2D eigenvalue weighted by molar-refractivity contribution is 0.516. The fourth-order valence-electron chi connectivity index (χ4n) is 4.30. The van der Waals surface area contributed by atoms with Gasteiger partial charge in [0.25, 0.3) is 10.0 Å². The van der Waals surface area contributed by atoms with E-state index in [0.29, 0.717) is 29.8 Å². The van der Waals surface area contributed by atoms with Crippen LogP contribution < -0.4 is 4.31 Å². The third-order valence-corrected chi connectivity index (χ3v) is 8.14. The number of halogens is 2. The third-order valence-electron chi connectivity index (χ3n) is 6.02. The van der Waals surface area contributed by atoms with E-state index in [-0.39, 0.29) is 24.2 Å². The number of rotatable bonds is 5. The van der Waals surface area contributed by atoms with Crippen LogP contribution in [0.5, 0.6) is 0 Å². The first-order valence-electron chi connectivity index (χ1n) is 10.4. The fourth-order valence-corrected chi connectivity index (χ4v) is 6.20. The standard InChI is InChI=1S/C25H25ClFNO2S.CH4/c1-17-6-13-22(14-7-17)31(29,30)28-21(11-9-19-8-10-20(26)16-24(19)27)12-15-23-18(2)4-3-5-25(23)28;/h3-8,10,13-14,16,21H,9,11-12,15H2,1-2H3;1H4. The minimum Gasteiger partial charge on any atom is -0.263 e. The van der Waals surface area contributed by atoms with Crippen LogP contribution in [0.15, 0.2) is 65.6 Å². The highest BCUT2D eigenvalue weighted by atomic mass is 35.5. The van der Waals surface area contributed by atoms with E-state index in [2.05, 4.69) is 0 Å². The Hall–Kier alpha value is -2.37. The van der Waals surface area contributed by atoms with Gasteiger partial charge in [-0.3, -0.25) is 4.31 Å². The first kappa shape index (κ1) is 24.3. The normalized spacial score (nSPS) is 15.8. The molecule has 0 aliphatic carbocycles. The molecule has 1 aliphatic heterocycles. The zero-order valence-electron chi connectivity index (χ0n) is 17.6. The fraction of sp³-hybridized carbons (Fsp3) is 0.308. The molecular weight excluding hydrogens is 445 g/mol. The zero-order valence-corrected chi connectivity index (χ0v) is 19.2. The molecule has 0 amide bonds. The van der Waals surface area contributed by atoms with Crippen LogP contribution in [0.4, 0.5) is 10.1 Å². The highest BCUT2D eigenvalue weighted by Crippen LogP contribution is 2.38. The summed E-state index contributed by atoms with van der Waals surface area (Å²) in [5, 5.41) is 0.354. The molecule has 1 heterocycles. The maximum Gasteiger partial charge on any atom is 0.264 e. The number of fused-ring (bicyclic) bond motifs is 1. The molecule has 1 aliphatic rings. The van der Waals surface area contributed by atoms with E-state index >= 15 is 0 Å². The van der Waals surface area contributed by atoms with E-state index in [1.807, 2.05) is 44.2 Å².